The number of carbonyl (C=O) groups excluding carboxylic acids is 1. The van der Waals surface area contributed by atoms with Crippen molar-refractivity contribution in [2.24, 2.45) is 0 Å². The fourth-order valence-corrected chi connectivity index (χ4v) is 5.68. The molecule has 6 heteroatoms. The maximum atomic E-state index is 13.1. The van der Waals surface area contributed by atoms with E-state index in [-0.39, 0.29) is 12.5 Å². The first-order valence-corrected chi connectivity index (χ1v) is 14.1. The second kappa shape index (κ2) is 12.0. The lowest BCUT2D eigenvalue weighted by molar-refractivity contribution is -0.145. The first kappa shape index (κ1) is 26.8. The Morgan fingerprint density at radius 2 is 1.59 bits per heavy atom. The number of furan rings is 1. The zero-order valence-electron chi connectivity index (χ0n) is 22.7. The highest BCUT2D eigenvalue weighted by molar-refractivity contribution is 6.36. The average Bonchev–Trinajstić information content (AvgIpc) is 3.43. The molecule has 0 aliphatic rings. The molecule has 0 bridgehead atoms. The van der Waals surface area contributed by atoms with Crippen molar-refractivity contribution < 1.29 is 13.9 Å². The van der Waals surface area contributed by atoms with E-state index in [0.717, 1.165) is 44.3 Å². The summed E-state index contributed by atoms with van der Waals surface area (Å²) in [5, 5.41) is 2.37. The van der Waals surface area contributed by atoms with Crippen LogP contribution in [0.15, 0.2) is 120 Å². The van der Waals surface area contributed by atoms with Crippen molar-refractivity contribution in [1.82, 2.24) is 9.88 Å². The van der Waals surface area contributed by atoms with Gasteiger partial charge in [-0.1, -0.05) is 109 Å². The van der Waals surface area contributed by atoms with Crippen LogP contribution in [-0.2, 0) is 16.1 Å². The molecule has 41 heavy (non-hydrogen) atoms. The van der Waals surface area contributed by atoms with Gasteiger partial charge in [-0.25, -0.2) is 4.98 Å². The van der Waals surface area contributed by atoms with E-state index in [2.05, 4.69) is 4.90 Å². The van der Waals surface area contributed by atoms with Crippen molar-refractivity contribution in [3.05, 3.63) is 137 Å². The largest absolute Gasteiger partial charge is 0.465 e. The number of rotatable bonds is 9. The lowest BCUT2D eigenvalue weighted by atomic mass is 9.94. The van der Waals surface area contributed by atoms with E-state index in [4.69, 9.17) is 25.7 Å². The molecule has 0 spiro atoms. The smallest absolute Gasteiger partial charge is 0.320 e. The molecule has 5 nitrogen and oxygen atoms in total. The van der Waals surface area contributed by atoms with Gasteiger partial charge in [0.2, 0.25) is 0 Å². The molecule has 1 atom stereocenters. The summed E-state index contributed by atoms with van der Waals surface area (Å²) in [6, 6.07) is 37.3. The van der Waals surface area contributed by atoms with Crippen LogP contribution >= 0.6 is 11.6 Å². The van der Waals surface area contributed by atoms with Gasteiger partial charge in [0.25, 0.3) is 0 Å². The molecule has 2 heterocycles. The van der Waals surface area contributed by atoms with Crippen LogP contribution in [0.3, 0.4) is 0 Å². The molecule has 0 fully saturated rings. The molecule has 0 aliphatic carbocycles. The van der Waals surface area contributed by atoms with Gasteiger partial charge in [-0.15, -0.1) is 0 Å². The van der Waals surface area contributed by atoms with Gasteiger partial charge >= 0.3 is 5.97 Å². The van der Waals surface area contributed by atoms with Crippen molar-refractivity contribution in [2.45, 2.75) is 19.5 Å². The number of pyridine rings is 1. The van der Waals surface area contributed by atoms with E-state index in [0.29, 0.717) is 23.9 Å². The average molecular weight is 561 g/mol. The minimum absolute atomic E-state index is 0.0296. The van der Waals surface area contributed by atoms with E-state index in [1.165, 1.54) is 0 Å². The van der Waals surface area contributed by atoms with Crippen LogP contribution in [0.4, 0.5) is 0 Å². The van der Waals surface area contributed by atoms with Gasteiger partial charge in [-0.05, 0) is 30.7 Å². The summed E-state index contributed by atoms with van der Waals surface area (Å²) in [6.07, 6.45) is 0. The van der Waals surface area contributed by atoms with Crippen LogP contribution in [0.1, 0.15) is 29.9 Å². The van der Waals surface area contributed by atoms with Crippen LogP contribution in [0.25, 0.3) is 33.1 Å². The van der Waals surface area contributed by atoms with Crippen molar-refractivity contribution in [2.75, 3.05) is 13.2 Å². The van der Waals surface area contributed by atoms with E-state index in [1.54, 1.807) is 0 Å². The quantitative estimate of drug-likeness (QED) is 0.166. The Balaban J connectivity index is 1.64. The monoisotopic (exact) mass is 560 g/mol. The summed E-state index contributed by atoms with van der Waals surface area (Å²) >= 11 is 7.36. The number of hydrogen-bond acceptors (Lipinski definition) is 5. The molecule has 2 aromatic heterocycles. The Kier molecular flexibility index (Phi) is 7.81. The summed E-state index contributed by atoms with van der Waals surface area (Å²) in [6.45, 7) is 2.59. The SMILES string of the molecule is CCOC(=O)CN(Cc1ccccc1)C(c1cc2ccccc2o1)c1c(-c2ccccc2)nc2ccccc2c1Cl. The van der Waals surface area contributed by atoms with E-state index in [9.17, 15) is 4.79 Å². The highest BCUT2D eigenvalue weighted by Gasteiger charge is 2.33. The third-order valence-corrected chi connectivity index (χ3v) is 7.54. The Hall–Kier alpha value is -4.45. The van der Waals surface area contributed by atoms with Gasteiger partial charge < -0.3 is 9.15 Å². The number of para-hydroxylation sites is 2. The van der Waals surface area contributed by atoms with Crippen LogP contribution < -0.4 is 0 Å². The lowest BCUT2D eigenvalue weighted by Gasteiger charge is -2.32. The molecule has 0 amide bonds. The van der Waals surface area contributed by atoms with Crippen LogP contribution in [0.2, 0.25) is 5.02 Å². The molecule has 0 radical (unpaired) electrons. The van der Waals surface area contributed by atoms with E-state index in [1.807, 2.05) is 122 Å². The topological polar surface area (TPSA) is 55.6 Å². The van der Waals surface area contributed by atoms with Gasteiger partial charge in [0.15, 0.2) is 0 Å². The summed E-state index contributed by atoms with van der Waals surface area (Å²) in [5.41, 5.74) is 5.03. The van der Waals surface area contributed by atoms with E-state index >= 15 is 0 Å². The zero-order chi connectivity index (χ0) is 28.2. The Morgan fingerprint density at radius 3 is 2.34 bits per heavy atom. The number of carbonyl (C=O) groups is 1. The second-order valence-electron chi connectivity index (χ2n) is 9.86. The van der Waals surface area contributed by atoms with Gasteiger partial charge in [0.1, 0.15) is 11.3 Å². The van der Waals surface area contributed by atoms with Crippen molar-refractivity contribution >= 4 is 39.4 Å². The Bertz CT molecular complexity index is 1770. The predicted octanol–water partition coefficient (Wildman–Crippen LogP) is 8.46. The van der Waals surface area contributed by atoms with Crippen LogP contribution in [-0.4, -0.2) is 29.0 Å². The first-order chi connectivity index (χ1) is 20.1. The Morgan fingerprint density at radius 1 is 0.902 bits per heavy atom. The maximum absolute atomic E-state index is 13.1. The molecule has 4 aromatic carbocycles. The standard InChI is InChI=1S/C35H29ClN2O3/c1-2-40-31(39)23-38(22-24-13-5-3-6-14-24)35(30-21-26-17-9-12-20-29(26)41-30)32-33(36)27-18-10-11-19-28(27)37-34(32)25-15-7-4-8-16-25/h3-21,35H,2,22-23H2,1H3. The highest BCUT2D eigenvalue weighted by atomic mass is 35.5. The highest BCUT2D eigenvalue weighted by Crippen LogP contribution is 2.44. The molecule has 6 rings (SSSR count). The van der Waals surface area contributed by atoms with Gasteiger partial charge in [0, 0.05) is 28.4 Å². The molecular weight excluding hydrogens is 532 g/mol. The van der Waals surface area contributed by atoms with Gasteiger partial charge in [-0.3, -0.25) is 9.69 Å². The second-order valence-corrected chi connectivity index (χ2v) is 10.2. The number of nitrogens with zero attached hydrogens (tertiary/aromatic N) is 2. The molecule has 204 valence electrons. The summed E-state index contributed by atoms with van der Waals surface area (Å²) < 4.78 is 12.0. The molecular formula is C35H29ClN2O3. The molecule has 1 unspecified atom stereocenters. The third kappa shape index (κ3) is 5.60. The van der Waals surface area contributed by atoms with Gasteiger partial charge in [0.05, 0.1) is 35.4 Å². The fraction of sp³-hybridized carbons (Fsp3) is 0.143. The van der Waals surface area contributed by atoms with Crippen molar-refractivity contribution in [3.63, 3.8) is 0 Å². The number of esters is 1. The first-order valence-electron chi connectivity index (χ1n) is 13.7. The number of halogens is 1. The van der Waals surface area contributed by atoms with Crippen LogP contribution in [0, 0.1) is 0 Å². The minimum atomic E-state index is -0.549. The normalized spacial score (nSPS) is 12.2. The molecule has 0 saturated carbocycles. The predicted molar refractivity (Wildman–Crippen MR) is 164 cm³/mol. The Labute approximate surface area is 244 Å². The van der Waals surface area contributed by atoms with E-state index < -0.39 is 6.04 Å². The molecule has 0 saturated heterocycles. The minimum Gasteiger partial charge on any atom is -0.465 e. The molecule has 0 N–H and O–H groups in total. The number of benzene rings is 4. The summed E-state index contributed by atoms with van der Waals surface area (Å²) in [4.78, 5) is 20.3. The number of ether oxygens (including phenoxy) is 1. The van der Waals surface area contributed by atoms with Crippen molar-refractivity contribution in [1.29, 1.82) is 0 Å². The number of hydrogen-bond donors (Lipinski definition) is 0. The van der Waals surface area contributed by atoms with Gasteiger partial charge in [-0.2, -0.15) is 0 Å². The fourth-order valence-electron chi connectivity index (χ4n) is 5.32. The molecule has 6 aromatic rings. The summed E-state index contributed by atoms with van der Waals surface area (Å²) in [5.74, 6) is 0.346. The number of fused-ring (bicyclic) bond motifs is 2. The lowest BCUT2D eigenvalue weighted by Crippen LogP contribution is -2.35. The van der Waals surface area contributed by atoms with Crippen LogP contribution in [0.5, 0.6) is 0 Å². The zero-order valence-corrected chi connectivity index (χ0v) is 23.4. The molecule has 0 aliphatic heterocycles. The third-order valence-electron chi connectivity index (χ3n) is 7.13. The maximum Gasteiger partial charge on any atom is 0.320 e. The summed E-state index contributed by atoms with van der Waals surface area (Å²) in [7, 11) is 0. The van der Waals surface area contributed by atoms with Crippen molar-refractivity contribution in [3.8, 4) is 11.3 Å². The number of aromatic nitrogens is 1.